The Bertz CT molecular complexity index is 2480. The van der Waals surface area contributed by atoms with Gasteiger partial charge < -0.3 is 169 Å². The second-order valence-electron chi connectivity index (χ2n) is 32.7. The van der Waals surface area contributed by atoms with Gasteiger partial charge in [-0.05, 0) is 18.8 Å². The standard InChI is InChI=1S/C79H147NO34/c1-4-5-6-7-8-9-10-11-12-13-14-15-16-17-18-19-20-25-28-31-34-37-48(86)73(102)80-46(55(91)47(85)36-33-30-27-24-22-21-23-26-29-32-35-45(2)3)42-103-74-62(98)59(95)57(93)54(107-74)44-105-78-70(56(92)52(90)43-104-78)112-77-65(101)69(58(94)53(41-84)106-77)111-79-72(114-76-64(100)61(97)67(109-76)50(88)39-82)71(68(110-79)51(89)40-83)113-75-63(99)60(96)66(108-75)49(87)38-81/h45-72,74-79,81-101H,4-44H2,1-3H3,(H,80,102)/t46-,47+,48+,49-,50+,51-,52-,53+,54+,55-,56-,57+,58-,59-,60+,61+,62+,63+,64+,65+,66-,67-,68-,69-,70+,71-,72+,74+,75+,76+,77+,78+,79-/m0/s1. The molecule has 6 aliphatic heterocycles. The fourth-order valence-electron chi connectivity index (χ4n) is 15.6. The first-order chi connectivity index (χ1) is 54.7. The molecule has 33 atom stereocenters. The van der Waals surface area contributed by atoms with Gasteiger partial charge in [0.1, 0.15) is 153 Å². The second kappa shape index (κ2) is 54.6. The van der Waals surface area contributed by atoms with E-state index in [2.05, 4.69) is 26.1 Å². The topological polar surface area (TPSA) is 565 Å². The highest BCUT2D eigenvalue weighted by Crippen LogP contribution is 2.40. The number of carbonyl (C=O) groups is 1. The molecule has 1 amide bonds. The molecule has 6 rings (SSSR count). The quantitative estimate of drug-likeness (QED) is 0.0327. The first-order valence-electron chi connectivity index (χ1n) is 42.8. The van der Waals surface area contributed by atoms with E-state index < -0.39 is 255 Å². The van der Waals surface area contributed by atoms with Gasteiger partial charge in [0.05, 0.1) is 58.4 Å². The average Bonchev–Trinajstić information content (AvgIpc) is 1.57. The van der Waals surface area contributed by atoms with Crippen LogP contribution in [0.15, 0.2) is 0 Å². The molecule has 6 heterocycles. The van der Waals surface area contributed by atoms with Gasteiger partial charge in [-0.15, -0.1) is 0 Å². The number of ether oxygens (including phenoxy) is 12. The largest absolute Gasteiger partial charge is 0.394 e. The maximum Gasteiger partial charge on any atom is 0.249 e. The molecule has 0 bridgehead atoms. The van der Waals surface area contributed by atoms with Crippen molar-refractivity contribution in [2.24, 2.45) is 5.92 Å². The molecular weight excluding hydrogens is 1510 g/mol. The number of unbranched alkanes of at least 4 members (excludes halogenated alkanes) is 29. The SMILES string of the molecule is CCCCCCCCCCCCCCCCCCCCCCC[C@@H](O)C(=O)N[C@@H](CO[C@@H]1O[C@H](CO[C@H]2OC[C@H](O)[C@H](O)[C@H]2O[C@H]2O[C@H](CO)[C@H](O)[C@H](O[C@@H]3O[C@@H]([C@@H](O)CO)[C@H](O[C@H]4O[C@@H]([C@@H](O)CO)[C@H](O)[C@H]4O)[C@H]3O[C@H]3O[C@@H]([C@H](O)CO)[C@H](O)[C@H]3O)[C@H]2O)[C@@H](O)[C@H](O)[C@H]1O)[C@H](O)[C@H](O)CCCCCCCCCCCCC(C)C. The summed E-state index contributed by atoms with van der Waals surface area (Å²) < 4.78 is 70.7. The van der Waals surface area contributed by atoms with E-state index >= 15 is 0 Å². The van der Waals surface area contributed by atoms with Crippen LogP contribution in [0.2, 0.25) is 0 Å². The van der Waals surface area contributed by atoms with Crippen LogP contribution in [0.4, 0.5) is 0 Å². The Hall–Kier alpha value is -1.85. The van der Waals surface area contributed by atoms with E-state index in [1.165, 1.54) is 128 Å². The summed E-state index contributed by atoms with van der Waals surface area (Å²) in [6, 6.07) is -1.43. The maximum atomic E-state index is 13.7. The molecule has 0 saturated carbocycles. The molecular formula is C79H147NO34. The lowest BCUT2D eigenvalue weighted by Gasteiger charge is -2.46. The van der Waals surface area contributed by atoms with Crippen LogP contribution in [-0.2, 0) is 61.6 Å². The Labute approximate surface area is 671 Å². The van der Waals surface area contributed by atoms with Crippen LogP contribution in [0, 0.1) is 5.92 Å². The highest BCUT2D eigenvalue weighted by molar-refractivity contribution is 5.80. The lowest BCUT2D eigenvalue weighted by Crippen LogP contribution is -2.64. The van der Waals surface area contributed by atoms with Gasteiger partial charge in [-0.2, -0.15) is 0 Å². The monoisotopic (exact) mass is 1650 g/mol. The number of carbonyl (C=O) groups excluding carboxylic acids is 1. The van der Waals surface area contributed by atoms with Gasteiger partial charge in [0.25, 0.3) is 0 Å². The number of amides is 1. The number of hydrogen-bond acceptors (Lipinski definition) is 34. The van der Waals surface area contributed by atoms with Gasteiger partial charge in [-0.3, -0.25) is 4.79 Å². The van der Waals surface area contributed by atoms with Crippen LogP contribution in [-0.4, -0.2) is 362 Å². The Morgan fingerprint density at radius 1 is 0.377 bits per heavy atom. The van der Waals surface area contributed by atoms with Crippen LogP contribution in [0.3, 0.4) is 0 Å². The van der Waals surface area contributed by atoms with Crippen molar-refractivity contribution >= 4 is 5.91 Å². The molecule has 35 nitrogen and oxygen atoms in total. The fourth-order valence-corrected chi connectivity index (χ4v) is 15.6. The van der Waals surface area contributed by atoms with Crippen molar-refractivity contribution in [1.29, 1.82) is 0 Å². The van der Waals surface area contributed by atoms with E-state index in [-0.39, 0.29) is 12.8 Å². The second-order valence-corrected chi connectivity index (χ2v) is 32.7. The Morgan fingerprint density at radius 3 is 1.25 bits per heavy atom. The number of nitrogens with one attached hydrogen (secondary N) is 1. The third-order valence-electron chi connectivity index (χ3n) is 22.9. The summed E-state index contributed by atoms with van der Waals surface area (Å²) in [5.74, 6) is -0.157. The molecule has 0 radical (unpaired) electrons. The van der Waals surface area contributed by atoms with E-state index in [1.807, 2.05) is 0 Å². The molecule has 0 unspecified atom stereocenters. The van der Waals surface area contributed by atoms with E-state index in [1.54, 1.807) is 0 Å². The van der Waals surface area contributed by atoms with Gasteiger partial charge in [-0.1, -0.05) is 226 Å². The summed E-state index contributed by atoms with van der Waals surface area (Å²) in [7, 11) is 0. The van der Waals surface area contributed by atoms with E-state index in [4.69, 9.17) is 56.8 Å². The summed E-state index contributed by atoms with van der Waals surface area (Å²) in [6.07, 6.45) is -24.1. The van der Waals surface area contributed by atoms with Crippen LogP contribution in [0.5, 0.6) is 0 Å². The molecule has 6 saturated heterocycles. The zero-order valence-electron chi connectivity index (χ0n) is 67.3. The molecule has 672 valence electrons. The van der Waals surface area contributed by atoms with Gasteiger partial charge >= 0.3 is 0 Å². The number of aliphatic hydroxyl groups excluding tert-OH is 21. The third-order valence-corrected chi connectivity index (χ3v) is 22.9. The summed E-state index contributed by atoms with van der Waals surface area (Å²) in [5, 5.41) is 233. The lowest BCUT2D eigenvalue weighted by molar-refractivity contribution is -0.374. The predicted molar refractivity (Wildman–Crippen MR) is 404 cm³/mol. The van der Waals surface area contributed by atoms with Crippen molar-refractivity contribution in [1.82, 2.24) is 5.32 Å². The molecule has 0 spiro atoms. The van der Waals surface area contributed by atoms with Crippen molar-refractivity contribution in [3.63, 3.8) is 0 Å². The minimum Gasteiger partial charge on any atom is -0.394 e. The Morgan fingerprint density at radius 2 is 0.781 bits per heavy atom. The van der Waals surface area contributed by atoms with E-state index in [0.717, 1.165) is 64.2 Å². The molecule has 0 aromatic heterocycles. The van der Waals surface area contributed by atoms with Crippen molar-refractivity contribution in [2.45, 2.75) is 442 Å². The third kappa shape index (κ3) is 31.8. The molecule has 0 aromatic carbocycles. The van der Waals surface area contributed by atoms with Crippen LogP contribution in [0.25, 0.3) is 0 Å². The molecule has 6 fully saturated rings. The van der Waals surface area contributed by atoms with Crippen LogP contribution < -0.4 is 5.32 Å². The minimum atomic E-state index is -2.30. The van der Waals surface area contributed by atoms with Gasteiger partial charge in [-0.25, -0.2) is 0 Å². The first kappa shape index (κ1) is 101. The fraction of sp³-hybridized carbons (Fsp3) is 0.987. The minimum absolute atomic E-state index is 0.109. The zero-order chi connectivity index (χ0) is 83.4. The Kier molecular flexibility index (Phi) is 48.4. The van der Waals surface area contributed by atoms with Crippen molar-refractivity contribution in [2.75, 3.05) is 46.2 Å². The summed E-state index contributed by atoms with van der Waals surface area (Å²) >= 11 is 0. The van der Waals surface area contributed by atoms with Gasteiger partial charge in [0.15, 0.2) is 37.7 Å². The molecule has 114 heavy (non-hydrogen) atoms. The molecule has 0 aliphatic carbocycles. The highest BCUT2D eigenvalue weighted by atomic mass is 16.8. The lowest BCUT2D eigenvalue weighted by atomic mass is 9.98. The summed E-state index contributed by atoms with van der Waals surface area (Å²) in [5.41, 5.74) is 0. The normalized spacial score (nSPS) is 35.4. The molecule has 6 aliphatic rings. The molecule has 22 N–H and O–H groups in total. The van der Waals surface area contributed by atoms with Gasteiger partial charge in [0.2, 0.25) is 5.91 Å². The van der Waals surface area contributed by atoms with E-state index in [0.29, 0.717) is 18.8 Å². The van der Waals surface area contributed by atoms with Crippen molar-refractivity contribution < 1.29 is 169 Å². The summed E-state index contributed by atoms with van der Waals surface area (Å²) in [6.45, 7) is 0.431. The maximum absolute atomic E-state index is 13.7. The zero-order valence-corrected chi connectivity index (χ0v) is 67.3. The molecule has 0 aromatic rings. The number of hydrogen-bond donors (Lipinski definition) is 22. The first-order valence-corrected chi connectivity index (χ1v) is 42.8. The smallest absolute Gasteiger partial charge is 0.249 e. The van der Waals surface area contributed by atoms with Crippen LogP contribution in [0.1, 0.15) is 239 Å². The molecule has 35 heteroatoms. The van der Waals surface area contributed by atoms with Crippen molar-refractivity contribution in [3.8, 4) is 0 Å². The van der Waals surface area contributed by atoms with E-state index in [9.17, 15) is 112 Å². The highest BCUT2D eigenvalue weighted by Gasteiger charge is 2.60. The predicted octanol–water partition coefficient (Wildman–Crippen LogP) is -0.930. The Balaban J connectivity index is 1.08. The average molecular weight is 1660 g/mol. The van der Waals surface area contributed by atoms with Crippen molar-refractivity contribution in [3.05, 3.63) is 0 Å². The van der Waals surface area contributed by atoms with Gasteiger partial charge in [0, 0.05) is 0 Å². The summed E-state index contributed by atoms with van der Waals surface area (Å²) in [4.78, 5) is 13.7. The van der Waals surface area contributed by atoms with Crippen LogP contribution >= 0.6 is 0 Å². The number of rotatable bonds is 60. The number of aliphatic hydroxyl groups is 21.